The SMILES string of the molecule is CCc1nc(C)ccc1Oc1cc(C(=O)O)c(Cl)cn1. The van der Waals surface area contributed by atoms with Gasteiger partial charge in [0.05, 0.1) is 22.5 Å². The van der Waals surface area contributed by atoms with Crippen LogP contribution in [0.3, 0.4) is 0 Å². The summed E-state index contributed by atoms with van der Waals surface area (Å²) in [6, 6.07) is 4.91. The zero-order chi connectivity index (χ0) is 14.7. The smallest absolute Gasteiger partial charge is 0.337 e. The summed E-state index contributed by atoms with van der Waals surface area (Å²) in [6.45, 7) is 3.86. The molecule has 5 nitrogen and oxygen atoms in total. The van der Waals surface area contributed by atoms with E-state index in [-0.39, 0.29) is 16.5 Å². The van der Waals surface area contributed by atoms with E-state index in [4.69, 9.17) is 21.4 Å². The topological polar surface area (TPSA) is 72.3 Å². The lowest BCUT2D eigenvalue weighted by Gasteiger charge is -2.10. The van der Waals surface area contributed by atoms with E-state index in [2.05, 4.69) is 9.97 Å². The summed E-state index contributed by atoms with van der Waals surface area (Å²) in [4.78, 5) is 19.4. The molecule has 0 amide bonds. The van der Waals surface area contributed by atoms with Gasteiger partial charge in [-0.15, -0.1) is 0 Å². The number of hydrogen-bond donors (Lipinski definition) is 1. The molecule has 0 saturated carbocycles. The Morgan fingerprint density at radius 3 is 2.85 bits per heavy atom. The lowest BCUT2D eigenvalue weighted by atomic mass is 10.2. The third kappa shape index (κ3) is 3.05. The molecule has 0 radical (unpaired) electrons. The van der Waals surface area contributed by atoms with Crippen LogP contribution in [0.2, 0.25) is 5.02 Å². The van der Waals surface area contributed by atoms with Gasteiger partial charge in [-0.2, -0.15) is 0 Å². The van der Waals surface area contributed by atoms with Crippen molar-refractivity contribution in [2.45, 2.75) is 20.3 Å². The first kappa shape index (κ1) is 14.3. The highest BCUT2D eigenvalue weighted by Crippen LogP contribution is 2.26. The van der Waals surface area contributed by atoms with Crippen molar-refractivity contribution >= 4 is 17.6 Å². The van der Waals surface area contributed by atoms with Crippen LogP contribution in [0, 0.1) is 6.92 Å². The monoisotopic (exact) mass is 292 g/mol. The van der Waals surface area contributed by atoms with Crippen molar-refractivity contribution < 1.29 is 14.6 Å². The number of aryl methyl sites for hydroxylation is 2. The van der Waals surface area contributed by atoms with E-state index in [0.717, 1.165) is 11.4 Å². The first-order chi connectivity index (χ1) is 9.51. The van der Waals surface area contributed by atoms with Gasteiger partial charge < -0.3 is 9.84 Å². The van der Waals surface area contributed by atoms with E-state index in [9.17, 15) is 4.79 Å². The molecule has 0 aliphatic rings. The second kappa shape index (κ2) is 5.88. The number of carbonyl (C=O) groups is 1. The predicted molar refractivity (Wildman–Crippen MR) is 74.6 cm³/mol. The van der Waals surface area contributed by atoms with E-state index < -0.39 is 5.97 Å². The van der Waals surface area contributed by atoms with Crippen LogP contribution in [-0.2, 0) is 6.42 Å². The molecule has 0 saturated heterocycles. The molecule has 0 unspecified atom stereocenters. The van der Waals surface area contributed by atoms with Crippen LogP contribution in [-0.4, -0.2) is 21.0 Å². The quantitative estimate of drug-likeness (QED) is 0.934. The number of halogens is 1. The summed E-state index contributed by atoms with van der Waals surface area (Å²) in [5.41, 5.74) is 1.64. The second-order valence-corrected chi connectivity index (χ2v) is 4.57. The maximum absolute atomic E-state index is 11.0. The van der Waals surface area contributed by atoms with E-state index in [0.29, 0.717) is 12.2 Å². The number of hydrogen-bond acceptors (Lipinski definition) is 4. The summed E-state index contributed by atoms with van der Waals surface area (Å²) < 4.78 is 5.61. The highest BCUT2D eigenvalue weighted by atomic mass is 35.5. The molecule has 104 valence electrons. The molecular weight excluding hydrogens is 280 g/mol. The van der Waals surface area contributed by atoms with Crippen molar-refractivity contribution in [2.24, 2.45) is 0 Å². The van der Waals surface area contributed by atoms with Gasteiger partial charge in [0, 0.05) is 11.8 Å². The van der Waals surface area contributed by atoms with Gasteiger partial charge >= 0.3 is 5.97 Å². The van der Waals surface area contributed by atoms with Gasteiger partial charge in [-0.3, -0.25) is 4.98 Å². The predicted octanol–water partition coefficient (Wildman–Crippen LogP) is 3.49. The third-order valence-corrected chi connectivity index (χ3v) is 2.98. The van der Waals surface area contributed by atoms with Crippen molar-refractivity contribution in [3.63, 3.8) is 0 Å². The van der Waals surface area contributed by atoms with E-state index >= 15 is 0 Å². The van der Waals surface area contributed by atoms with Crippen molar-refractivity contribution in [2.75, 3.05) is 0 Å². The molecule has 2 rings (SSSR count). The van der Waals surface area contributed by atoms with E-state index in [1.54, 1.807) is 6.07 Å². The lowest BCUT2D eigenvalue weighted by Crippen LogP contribution is -2.01. The fourth-order valence-corrected chi connectivity index (χ4v) is 1.88. The first-order valence-corrected chi connectivity index (χ1v) is 6.42. The fourth-order valence-electron chi connectivity index (χ4n) is 1.70. The minimum Gasteiger partial charge on any atom is -0.478 e. The van der Waals surface area contributed by atoms with Crippen LogP contribution in [0.5, 0.6) is 11.6 Å². The normalized spacial score (nSPS) is 10.3. The molecule has 0 atom stereocenters. The van der Waals surface area contributed by atoms with Crippen molar-refractivity contribution in [3.05, 3.63) is 46.4 Å². The number of aromatic carboxylic acids is 1. The van der Waals surface area contributed by atoms with Crippen molar-refractivity contribution in [1.29, 1.82) is 0 Å². The van der Waals surface area contributed by atoms with Gasteiger partial charge in [-0.1, -0.05) is 18.5 Å². The molecule has 6 heteroatoms. The summed E-state index contributed by atoms with van der Waals surface area (Å²) in [5.74, 6) is -0.392. The van der Waals surface area contributed by atoms with Gasteiger partial charge in [0.2, 0.25) is 5.88 Å². The molecule has 2 aromatic heterocycles. The maximum Gasteiger partial charge on any atom is 0.337 e. The standard InChI is InChI=1S/C14H13ClN2O3/c1-3-11-12(5-4-8(2)17-11)20-13-6-9(14(18)19)10(15)7-16-13/h4-7H,3H2,1-2H3,(H,18,19). The number of ether oxygens (including phenoxy) is 1. The largest absolute Gasteiger partial charge is 0.478 e. The Bertz CT molecular complexity index is 659. The average Bonchev–Trinajstić information content (AvgIpc) is 2.42. The average molecular weight is 293 g/mol. The van der Waals surface area contributed by atoms with E-state index in [1.807, 2.05) is 19.9 Å². The minimum atomic E-state index is -1.13. The summed E-state index contributed by atoms with van der Waals surface area (Å²) in [7, 11) is 0. The Hall–Kier alpha value is -2.14. The van der Waals surface area contributed by atoms with Crippen LogP contribution in [0.4, 0.5) is 0 Å². The van der Waals surface area contributed by atoms with Crippen LogP contribution in [0.15, 0.2) is 24.4 Å². The molecule has 2 aromatic rings. The lowest BCUT2D eigenvalue weighted by molar-refractivity contribution is 0.0696. The summed E-state index contributed by atoms with van der Waals surface area (Å²) in [6.07, 6.45) is 1.96. The first-order valence-electron chi connectivity index (χ1n) is 6.04. The molecule has 20 heavy (non-hydrogen) atoms. The fraction of sp³-hybridized carbons (Fsp3) is 0.214. The number of carboxylic acid groups (broad SMARTS) is 1. The summed E-state index contributed by atoms with van der Waals surface area (Å²) >= 11 is 5.76. The Morgan fingerprint density at radius 1 is 1.45 bits per heavy atom. The Morgan fingerprint density at radius 2 is 2.20 bits per heavy atom. The highest BCUT2D eigenvalue weighted by molar-refractivity contribution is 6.33. The number of aromatic nitrogens is 2. The van der Waals surface area contributed by atoms with Crippen LogP contribution < -0.4 is 4.74 Å². The van der Waals surface area contributed by atoms with Crippen LogP contribution in [0.1, 0.15) is 28.7 Å². The molecular formula is C14H13ClN2O3. The van der Waals surface area contributed by atoms with Crippen molar-refractivity contribution in [1.82, 2.24) is 9.97 Å². The molecule has 0 aromatic carbocycles. The minimum absolute atomic E-state index is 0.0465. The summed E-state index contributed by atoms with van der Waals surface area (Å²) in [5, 5.41) is 9.09. The van der Waals surface area contributed by atoms with Crippen LogP contribution in [0.25, 0.3) is 0 Å². The molecule has 2 heterocycles. The third-order valence-electron chi connectivity index (χ3n) is 2.68. The van der Waals surface area contributed by atoms with Gasteiger partial charge in [0.15, 0.2) is 5.75 Å². The van der Waals surface area contributed by atoms with Gasteiger partial charge in [0.1, 0.15) is 0 Å². The van der Waals surface area contributed by atoms with Crippen molar-refractivity contribution in [3.8, 4) is 11.6 Å². The van der Waals surface area contributed by atoms with E-state index in [1.165, 1.54) is 12.3 Å². The molecule has 1 N–H and O–H groups in total. The highest BCUT2D eigenvalue weighted by Gasteiger charge is 2.13. The zero-order valence-corrected chi connectivity index (χ0v) is 11.8. The van der Waals surface area contributed by atoms with Gasteiger partial charge in [0.25, 0.3) is 0 Å². The Kier molecular flexibility index (Phi) is 4.20. The molecule has 0 aliphatic heterocycles. The molecule has 0 bridgehead atoms. The molecule has 0 spiro atoms. The maximum atomic E-state index is 11.0. The van der Waals surface area contributed by atoms with Gasteiger partial charge in [-0.05, 0) is 25.5 Å². The van der Waals surface area contributed by atoms with Gasteiger partial charge in [-0.25, -0.2) is 9.78 Å². The second-order valence-electron chi connectivity index (χ2n) is 4.16. The Labute approximate surface area is 121 Å². The molecule has 0 aliphatic carbocycles. The zero-order valence-electron chi connectivity index (χ0n) is 11.1. The number of pyridine rings is 2. The number of carboxylic acids is 1. The number of nitrogens with zero attached hydrogens (tertiary/aromatic N) is 2. The molecule has 0 fully saturated rings. The Balaban J connectivity index is 2.35. The number of rotatable bonds is 4. The van der Waals surface area contributed by atoms with Crippen LogP contribution >= 0.6 is 11.6 Å².